The third-order valence-electron chi connectivity index (χ3n) is 4.93. The van der Waals surface area contributed by atoms with E-state index in [1.807, 2.05) is 30.3 Å². The molecule has 170 valence electrons. The molecule has 0 saturated heterocycles. The van der Waals surface area contributed by atoms with Crippen LogP contribution in [0.25, 0.3) is 0 Å². The first-order valence-corrected chi connectivity index (χ1v) is 11.0. The van der Waals surface area contributed by atoms with Crippen LogP contribution in [0.1, 0.15) is 25.0 Å². The van der Waals surface area contributed by atoms with Crippen molar-refractivity contribution < 1.29 is 4.39 Å². The molecule has 32 heavy (non-hydrogen) atoms. The zero-order valence-electron chi connectivity index (χ0n) is 18.3. The van der Waals surface area contributed by atoms with Crippen LogP contribution in [0.3, 0.4) is 0 Å². The van der Waals surface area contributed by atoms with Crippen LogP contribution in [-0.2, 0) is 13.1 Å². The molecule has 0 amide bonds. The minimum Gasteiger partial charge on any atom is -0.366 e. The van der Waals surface area contributed by atoms with Crippen LogP contribution in [0.15, 0.2) is 42.7 Å². The maximum absolute atomic E-state index is 13.7. The Bertz CT molecular complexity index is 982. The third kappa shape index (κ3) is 7.28. The van der Waals surface area contributed by atoms with Gasteiger partial charge >= 0.3 is 0 Å². The number of nitrogens with one attached hydrogen (secondary N) is 3. The number of rotatable bonds is 12. The molecule has 3 rings (SSSR count). The van der Waals surface area contributed by atoms with Crippen molar-refractivity contribution in [3.8, 4) is 0 Å². The zero-order chi connectivity index (χ0) is 22.8. The van der Waals surface area contributed by atoms with E-state index < -0.39 is 5.82 Å². The van der Waals surface area contributed by atoms with Gasteiger partial charge in [-0.05, 0) is 41.9 Å². The number of likely N-dealkylation sites (N-methyl/N-ethyl adjacent to an activating group) is 1. The van der Waals surface area contributed by atoms with Crippen LogP contribution in [0.5, 0.6) is 0 Å². The zero-order valence-corrected chi connectivity index (χ0v) is 19.0. The second-order valence-electron chi connectivity index (χ2n) is 7.08. The van der Waals surface area contributed by atoms with Gasteiger partial charge in [0.05, 0.1) is 6.20 Å². The molecule has 0 unspecified atom stereocenters. The molecule has 0 radical (unpaired) electrons. The van der Waals surface area contributed by atoms with Crippen molar-refractivity contribution in [1.29, 1.82) is 0 Å². The summed E-state index contributed by atoms with van der Waals surface area (Å²) in [5.41, 5.74) is 2.09. The molecule has 2 heterocycles. The highest BCUT2D eigenvalue weighted by molar-refractivity contribution is 6.28. The lowest BCUT2D eigenvalue weighted by Gasteiger charge is -2.18. The van der Waals surface area contributed by atoms with Crippen molar-refractivity contribution in [2.75, 3.05) is 42.1 Å². The van der Waals surface area contributed by atoms with Crippen molar-refractivity contribution in [3.63, 3.8) is 0 Å². The van der Waals surface area contributed by atoms with Gasteiger partial charge in [0.15, 0.2) is 11.6 Å². The van der Waals surface area contributed by atoms with Gasteiger partial charge in [0.1, 0.15) is 5.82 Å². The molecule has 1 aromatic carbocycles. The summed E-state index contributed by atoms with van der Waals surface area (Å²) in [6.07, 6.45) is 2.79. The second-order valence-corrected chi connectivity index (χ2v) is 7.42. The molecule has 2 aromatic heterocycles. The SMILES string of the molecule is CCN(CC)CCNc1nccc(NCc2ccc(CNc3nc(Cl)ncc3F)cc2)n1. The first-order valence-electron chi connectivity index (χ1n) is 10.6. The Morgan fingerprint density at radius 3 is 2.28 bits per heavy atom. The van der Waals surface area contributed by atoms with Crippen LogP contribution in [-0.4, -0.2) is 51.0 Å². The van der Waals surface area contributed by atoms with Crippen molar-refractivity contribution in [1.82, 2.24) is 24.8 Å². The fourth-order valence-corrected chi connectivity index (χ4v) is 3.16. The Labute approximate surface area is 192 Å². The maximum Gasteiger partial charge on any atom is 0.224 e. The van der Waals surface area contributed by atoms with Crippen LogP contribution in [0.2, 0.25) is 5.28 Å². The van der Waals surface area contributed by atoms with E-state index in [1.54, 1.807) is 6.20 Å². The molecule has 0 saturated carbocycles. The van der Waals surface area contributed by atoms with Crippen molar-refractivity contribution in [3.05, 3.63) is 65.0 Å². The molecule has 0 fully saturated rings. The van der Waals surface area contributed by atoms with Gasteiger partial charge in [-0.25, -0.2) is 14.4 Å². The molecule has 0 atom stereocenters. The van der Waals surface area contributed by atoms with Gasteiger partial charge in [-0.3, -0.25) is 0 Å². The first-order chi connectivity index (χ1) is 15.6. The summed E-state index contributed by atoms with van der Waals surface area (Å²) in [4.78, 5) is 18.6. The number of anilines is 3. The van der Waals surface area contributed by atoms with E-state index in [-0.39, 0.29) is 11.1 Å². The van der Waals surface area contributed by atoms with E-state index in [9.17, 15) is 4.39 Å². The molecule has 0 spiro atoms. The van der Waals surface area contributed by atoms with Gasteiger partial charge in [0.2, 0.25) is 11.2 Å². The molecule has 3 N–H and O–H groups in total. The maximum atomic E-state index is 13.7. The molecule has 0 aliphatic rings. The predicted molar refractivity (Wildman–Crippen MR) is 126 cm³/mol. The molecule has 0 bridgehead atoms. The van der Waals surface area contributed by atoms with E-state index in [1.165, 1.54) is 0 Å². The lowest BCUT2D eigenvalue weighted by molar-refractivity contribution is 0.316. The van der Waals surface area contributed by atoms with E-state index in [4.69, 9.17) is 11.6 Å². The molecular weight excluding hydrogens is 431 g/mol. The molecule has 0 aliphatic heterocycles. The molecular formula is C22H28ClFN8. The number of hydrogen-bond donors (Lipinski definition) is 3. The van der Waals surface area contributed by atoms with E-state index in [2.05, 4.69) is 54.6 Å². The van der Waals surface area contributed by atoms with Gasteiger partial charge in [-0.2, -0.15) is 9.97 Å². The van der Waals surface area contributed by atoms with Gasteiger partial charge in [0.25, 0.3) is 0 Å². The minimum absolute atomic E-state index is 0.00212. The number of halogens is 2. The van der Waals surface area contributed by atoms with Gasteiger partial charge in [-0.15, -0.1) is 0 Å². The Hall–Kier alpha value is -3.04. The monoisotopic (exact) mass is 458 g/mol. The number of aromatic nitrogens is 4. The lowest BCUT2D eigenvalue weighted by Crippen LogP contribution is -2.29. The summed E-state index contributed by atoms with van der Waals surface area (Å²) in [6.45, 7) is 9.16. The quantitative estimate of drug-likeness (QED) is 0.350. The number of benzene rings is 1. The van der Waals surface area contributed by atoms with Crippen LogP contribution < -0.4 is 16.0 Å². The van der Waals surface area contributed by atoms with Gasteiger partial charge in [-0.1, -0.05) is 38.1 Å². The standard InChI is InChI=1S/C22H28ClFN8/c1-3-32(4-2)12-11-26-22-25-10-9-19(30-22)27-13-16-5-7-17(8-6-16)14-28-20-18(24)15-29-21(23)31-20/h5-10,15H,3-4,11-14H2,1-2H3,(H,28,29,31)(H2,25,26,27,30). The first kappa shape index (κ1) is 23.6. The average Bonchev–Trinajstić information content (AvgIpc) is 2.82. The number of hydrogen-bond acceptors (Lipinski definition) is 8. The van der Waals surface area contributed by atoms with Crippen LogP contribution in [0.4, 0.5) is 22.0 Å². The van der Waals surface area contributed by atoms with Crippen molar-refractivity contribution in [2.45, 2.75) is 26.9 Å². The highest BCUT2D eigenvalue weighted by atomic mass is 35.5. The fourth-order valence-electron chi connectivity index (χ4n) is 3.03. The van der Waals surface area contributed by atoms with Gasteiger partial charge in [0, 0.05) is 32.4 Å². The van der Waals surface area contributed by atoms with E-state index in [0.29, 0.717) is 19.0 Å². The smallest absolute Gasteiger partial charge is 0.224 e. The third-order valence-corrected chi connectivity index (χ3v) is 5.11. The van der Waals surface area contributed by atoms with Crippen LogP contribution >= 0.6 is 11.6 Å². The molecule has 10 heteroatoms. The fraction of sp³-hybridized carbons (Fsp3) is 0.364. The molecule has 3 aromatic rings. The Balaban J connectivity index is 1.47. The Morgan fingerprint density at radius 2 is 1.59 bits per heavy atom. The summed E-state index contributed by atoms with van der Waals surface area (Å²) >= 11 is 5.71. The van der Waals surface area contributed by atoms with Crippen LogP contribution in [0, 0.1) is 5.82 Å². The van der Waals surface area contributed by atoms with Crippen molar-refractivity contribution >= 4 is 29.2 Å². The number of nitrogens with zero attached hydrogens (tertiary/aromatic N) is 5. The van der Waals surface area contributed by atoms with Crippen molar-refractivity contribution in [2.24, 2.45) is 0 Å². The topological polar surface area (TPSA) is 90.9 Å². The summed E-state index contributed by atoms with van der Waals surface area (Å²) in [5.74, 6) is 0.913. The second kappa shape index (κ2) is 12.1. The molecule has 0 aliphatic carbocycles. The van der Waals surface area contributed by atoms with E-state index in [0.717, 1.165) is 49.3 Å². The Morgan fingerprint density at radius 1 is 0.906 bits per heavy atom. The summed E-state index contributed by atoms with van der Waals surface area (Å²) in [6, 6.07) is 9.82. The summed E-state index contributed by atoms with van der Waals surface area (Å²) in [5, 5.41) is 9.52. The normalized spacial score (nSPS) is 10.9. The summed E-state index contributed by atoms with van der Waals surface area (Å²) < 4.78 is 13.7. The molecule has 8 nitrogen and oxygen atoms in total. The Kier molecular flexibility index (Phi) is 8.94. The van der Waals surface area contributed by atoms with Gasteiger partial charge < -0.3 is 20.9 Å². The lowest BCUT2D eigenvalue weighted by atomic mass is 10.1. The summed E-state index contributed by atoms with van der Waals surface area (Å²) in [7, 11) is 0. The van der Waals surface area contributed by atoms with E-state index >= 15 is 0 Å². The highest BCUT2D eigenvalue weighted by Crippen LogP contribution is 2.14. The highest BCUT2D eigenvalue weighted by Gasteiger charge is 2.06. The predicted octanol–water partition coefficient (Wildman–Crippen LogP) is 4.04. The minimum atomic E-state index is -0.540. The largest absolute Gasteiger partial charge is 0.366 e. The average molecular weight is 459 g/mol.